The highest BCUT2D eigenvalue weighted by atomic mass is 19.3. The molecule has 0 spiro atoms. The molecule has 1 aromatic rings. The number of esters is 1. The van der Waals surface area contributed by atoms with Crippen LogP contribution in [0.4, 0.5) is 14.5 Å². The van der Waals surface area contributed by atoms with Gasteiger partial charge in [0, 0.05) is 11.6 Å². The third kappa shape index (κ3) is 4.41. The molecule has 0 fully saturated rings. The van der Waals surface area contributed by atoms with Gasteiger partial charge in [0.05, 0.1) is 4.92 Å². The Morgan fingerprint density at radius 2 is 1.87 bits per heavy atom. The SMILES string of the molecule is C=C(C(=O)OC(C)(C)C)C(=O)c1c(C(F)F)cccc1[N+](=O)[O-]. The maximum absolute atomic E-state index is 13.0. The molecule has 0 unspecified atom stereocenters. The number of alkyl halides is 2. The van der Waals surface area contributed by atoms with E-state index in [0.29, 0.717) is 0 Å². The van der Waals surface area contributed by atoms with Crippen LogP contribution < -0.4 is 0 Å². The maximum Gasteiger partial charge on any atom is 0.342 e. The molecule has 1 aromatic carbocycles. The molecular weight excluding hydrogens is 312 g/mol. The Morgan fingerprint density at radius 3 is 2.30 bits per heavy atom. The average molecular weight is 327 g/mol. The van der Waals surface area contributed by atoms with Crippen LogP contribution in [0.3, 0.4) is 0 Å². The highest BCUT2D eigenvalue weighted by Gasteiger charge is 2.32. The number of ether oxygens (including phenoxy) is 1. The van der Waals surface area contributed by atoms with Crippen LogP contribution in [0.25, 0.3) is 0 Å². The summed E-state index contributed by atoms with van der Waals surface area (Å²) in [7, 11) is 0. The first-order valence-electron chi connectivity index (χ1n) is 6.48. The summed E-state index contributed by atoms with van der Waals surface area (Å²) in [6.45, 7) is 7.84. The zero-order chi connectivity index (χ0) is 17.9. The number of carbonyl (C=O) groups excluding carboxylic acids is 2. The normalized spacial score (nSPS) is 11.2. The fraction of sp³-hybridized carbons (Fsp3) is 0.333. The summed E-state index contributed by atoms with van der Waals surface area (Å²) in [5.41, 5.74) is -4.21. The first-order chi connectivity index (χ1) is 10.5. The molecule has 0 atom stereocenters. The van der Waals surface area contributed by atoms with Gasteiger partial charge in [-0.1, -0.05) is 18.7 Å². The molecule has 1 rings (SSSR count). The highest BCUT2D eigenvalue weighted by Crippen LogP contribution is 2.31. The van der Waals surface area contributed by atoms with E-state index in [9.17, 15) is 28.5 Å². The van der Waals surface area contributed by atoms with Crippen LogP contribution in [0.1, 0.15) is 43.1 Å². The van der Waals surface area contributed by atoms with Gasteiger partial charge >= 0.3 is 5.97 Å². The first-order valence-corrected chi connectivity index (χ1v) is 6.48. The largest absolute Gasteiger partial charge is 0.456 e. The molecule has 0 amide bonds. The molecule has 0 N–H and O–H groups in total. The lowest BCUT2D eigenvalue weighted by Crippen LogP contribution is -2.27. The van der Waals surface area contributed by atoms with Crippen molar-refractivity contribution in [3.05, 3.63) is 51.6 Å². The minimum atomic E-state index is -3.12. The summed E-state index contributed by atoms with van der Waals surface area (Å²) in [5, 5.41) is 11.0. The number of hydrogen-bond acceptors (Lipinski definition) is 5. The van der Waals surface area contributed by atoms with Gasteiger partial charge in [0.25, 0.3) is 12.1 Å². The Morgan fingerprint density at radius 1 is 1.30 bits per heavy atom. The Bertz CT molecular complexity index is 677. The summed E-state index contributed by atoms with van der Waals surface area (Å²) in [5.74, 6) is -2.39. The number of benzene rings is 1. The molecule has 124 valence electrons. The molecule has 23 heavy (non-hydrogen) atoms. The summed E-state index contributed by atoms with van der Waals surface area (Å²) < 4.78 is 31.0. The maximum atomic E-state index is 13.0. The van der Waals surface area contributed by atoms with Crippen LogP contribution in [0.2, 0.25) is 0 Å². The number of nitro benzene ring substituents is 1. The molecule has 0 aliphatic heterocycles. The van der Waals surface area contributed by atoms with Crippen LogP contribution in [-0.4, -0.2) is 22.3 Å². The second-order valence-electron chi connectivity index (χ2n) is 5.61. The van der Waals surface area contributed by atoms with Gasteiger partial charge in [-0.2, -0.15) is 0 Å². The fourth-order valence-corrected chi connectivity index (χ4v) is 1.72. The van der Waals surface area contributed by atoms with Crippen molar-refractivity contribution in [1.82, 2.24) is 0 Å². The van der Waals surface area contributed by atoms with Crippen molar-refractivity contribution in [2.24, 2.45) is 0 Å². The smallest absolute Gasteiger partial charge is 0.342 e. The van der Waals surface area contributed by atoms with Crippen LogP contribution in [0.5, 0.6) is 0 Å². The number of rotatable bonds is 5. The molecule has 0 aromatic heterocycles. The molecule has 0 saturated carbocycles. The summed E-state index contributed by atoms with van der Waals surface area (Å²) >= 11 is 0. The number of ketones is 1. The summed E-state index contributed by atoms with van der Waals surface area (Å²) in [6.07, 6.45) is -3.12. The zero-order valence-electron chi connectivity index (χ0n) is 12.8. The highest BCUT2D eigenvalue weighted by molar-refractivity contribution is 6.25. The number of Topliss-reactive ketones (excluding diaryl/α,β-unsaturated/α-hetero) is 1. The van der Waals surface area contributed by atoms with E-state index in [2.05, 4.69) is 6.58 Å². The molecule has 0 saturated heterocycles. The Labute approximate surface area is 130 Å². The van der Waals surface area contributed by atoms with E-state index < -0.39 is 51.1 Å². The topological polar surface area (TPSA) is 86.5 Å². The minimum absolute atomic E-state index is 0.754. The van der Waals surface area contributed by atoms with Gasteiger partial charge in [0.15, 0.2) is 0 Å². The minimum Gasteiger partial charge on any atom is -0.456 e. The van der Waals surface area contributed by atoms with E-state index >= 15 is 0 Å². The van der Waals surface area contributed by atoms with Gasteiger partial charge in [-0.25, -0.2) is 13.6 Å². The van der Waals surface area contributed by atoms with Gasteiger partial charge in [-0.3, -0.25) is 14.9 Å². The predicted octanol–water partition coefficient (Wildman–Crippen LogP) is 3.61. The second kappa shape index (κ2) is 6.64. The molecule has 0 aliphatic carbocycles. The van der Waals surface area contributed by atoms with Crippen molar-refractivity contribution >= 4 is 17.4 Å². The van der Waals surface area contributed by atoms with Gasteiger partial charge in [-0.05, 0) is 20.8 Å². The van der Waals surface area contributed by atoms with Crippen LogP contribution in [0.15, 0.2) is 30.4 Å². The Hall–Kier alpha value is -2.64. The molecule has 0 radical (unpaired) electrons. The Kier molecular flexibility index (Phi) is 5.31. The van der Waals surface area contributed by atoms with Crippen LogP contribution in [0, 0.1) is 10.1 Å². The lowest BCUT2D eigenvalue weighted by Gasteiger charge is -2.20. The van der Waals surface area contributed by atoms with Gasteiger partial charge in [-0.15, -0.1) is 0 Å². The molecular formula is C15H15F2NO5. The molecule has 0 aliphatic rings. The average Bonchev–Trinajstić information content (AvgIpc) is 2.42. The quantitative estimate of drug-likeness (QED) is 0.157. The first kappa shape index (κ1) is 18.4. The van der Waals surface area contributed by atoms with Crippen molar-refractivity contribution < 1.29 is 28.0 Å². The second-order valence-corrected chi connectivity index (χ2v) is 5.61. The van der Waals surface area contributed by atoms with Crippen molar-refractivity contribution in [3.8, 4) is 0 Å². The number of nitro groups is 1. The summed E-state index contributed by atoms with van der Waals surface area (Å²) in [6, 6.07) is 2.82. The van der Waals surface area contributed by atoms with Gasteiger partial charge in [0.1, 0.15) is 16.7 Å². The van der Waals surface area contributed by atoms with Gasteiger partial charge < -0.3 is 4.74 Å². The van der Waals surface area contributed by atoms with E-state index in [1.165, 1.54) is 20.8 Å². The van der Waals surface area contributed by atoms with Crippen LogP contribution in [-0.2, 0) is 9.53 Å². The third-order valence-corrected chi connectivity index (χ3v) is 2.65. The lowest BCUT2D eigenvalue weighted by atomic mass is 9.97. The Balaban J connectivity index is 3.34. The fourth-order valence-electron chi connectivity index (χ4n) is 1.72. The van der Waals surface area contributed by atoms with Crippen molar-refractivity contribution in [1.29, 1.82) is 0 Å². The molecule has 0 heterocycles. The van der Waals surface area contributed by atoms with Crippen molar-refractivity contribution in [2.75, 3.05) is 0 Å². The van der Waals surface area contributed by atoms with E-state index in [1.807, 2.05) is 0 Å². The van der Waals surface area contributed by atoms with E-state index in [-0.39, 0.29) is 0 Å². The van der Waals surface area contributed by atoms with Crippen LogP contribution >= 0.6 is 0 Å². The zero-order valence-corrected chi connectivity index (χ0v) is 12.8. The number of halogens is 2. The van der Waals surface area contributed by atoms with Gasteiger partial charge in [0.2, 0.25) is 5.78 Å². The molecule has 8 heteroatoms. The van der Waals surface area contributed by atoms with E-state index in [4.69, 9.17) is 4.74 Å². The molecule has 0 bridgehead atoms. The van der Waals surface area contributed by atoms with Crippen molar-refractivity contribution in [2.45, 2.75) is 32.8 Å². The number of hydrogen-bond donors (Lipinski definition) is 0. The summed E-state index contributed by atoms with van der Waals surface area (Å²) in [4.78, 5) is 34.1. The monoisotopic (exact) mass is 327 g/mol. The van der Waals surface area contributed by atoms with E-state index in [0.717, 1.165) is 18.2 Å². The van der Waals surface area contributed by atoms with E-state index in [1.54, 1.807) is 0 Å². The lowest BCUT2D eigenvalue weighted by molar-refractivity contribution is -0.385. The number of carbonyl (C=O) groups is 2. The number of nitrogens with zero attached hydrogens (tertiary/aromatic N) is 1. The standard InChI is InChI=1S/C15H15F2NO5/c1-8(14(20)23-15(2,3)4)12(19)11-9(13(16)17)6-5-7-10(11)18(21)22/h5-7,13H,1H2,2-4H3. The predicted molar refractivity (Wildman–Crippen MR) is 77.4 cm³/mol. The molecule has 6 nitrogen and oxygen atoms in total. The third-order valence-electron chi connectivity index (χ3n) is 2.65. The van der Waals surface area contributed by atoms with Crippen molar-refractivity contribution in [3.63, 3.8) is 0 Å².